The van der Waals surface area contributed by atoms with Crippen molar-refractivity contribution in [2.75, 3.05) is 5.32 Å². The van der Waals surface area contributed by atoms with Crippen LogP contribution in [0, 0.1) is 0 Å². The first kappa shape index (κ1) is 20.8. The van der Waals surface area contributed by atoms with Crippen LogP contribution >= 0.6 is 23.1 Å². The van der Waals surface area contributed by atoms with Crippen LogP contribution in [0.3, 0.4) is 0 Å². The molecule has 2 N–H and O–H groups in total. The normalized spacial score (nSPS) is 13.0. The zero-order chi connectivity index (χ0) is 20.3. The molecule has 3 rings (SSSR count). The van der Waals surface area contributed by atoms with Gasteiger partial charge in [0, 0.05) is 11.7 Å². The van der Waals surface area contributed by atoms with E-state index >= 15 is 0 Å². The van der Waals surface area contributed by atoms with Crippen LogP contribution in [0.1, 0.15) is 20.8 Å². The van der Waals surface area contributed by atoms with Crippen LogP contribution in [0.15, 0.2) is 57.8 Å². The number of para-hydroxylation sites is 1. The highest BCUT2D eigenvalue weighted by Gasteiger charge is 2.18. The van der Waals surface area contributed by atoms with E-state index in [1.165, 1.54) is 23.9 Å². The Morgan fingerprint density at radius 1 is 1.07 bits per heavy atom. The second kappa shape index (κ2) is 8.60. The molecule has 1 aromatic heterocycles. The molecule has 2 aromatic carbocycles. The van der Waals surface area contributed by atoms with Crippen molar-refractivity contribution in [3.63, 3.8) is 0 Å². The Hall–Kier alpha value is -1.94. The van der Waals surface area contributed by atoms with Gasteiger partial charge in [-0.1, -0.05) is 23.9 Å². The molecule has 1 heterocycles. The van der Waals surface area contributed by atoms with Crippen molar-refractivity contribution in [1.29, 1.82) is 0 Å². The largest absolute Gasteiger partial charge is 0.325 e. The van der Waals surface area contributed by atoms with Crippen molar-refractivity contribution in [2.45, 2.75) is 41.3 Å². The number of fused-ring (bicyclic) bond motifs is 1. The maximum Gasteiger partial charge on any atom is 0.240 e. The minimum Gasteiger partial charge on any atom is -0.325 e. The number of nitrogens with zero attached hydrogens (tertiary/aromatic N) is 1. The van der Waals surface area contributed by atoms with Crippen LogP contribution in [-0.4, -0.2) is 30.6 Å². The fourth-order valence-electron chi connectivity index (χ4n) is 2.45. The standard InChI is InChI=1S/C19H21N3O3S3/c1-12(2)22-28(24,25)15-10-8-14(9-11-15)20-18(23)13(3)26-19-21-16-6-4-5-7-17(16)27-19/h4-13,22H,1-3H3,(H,20,23)/t13-/m0/s1. The topological polar surface area (TPSA) is 88.2 Å². The van der Waals surface area contributed by atoms with Gasteiger partial charge in [-0.25, -0.2) is 18.1 Å². The third-order valence-corrected chi connectivity index (χ3v) is 7.65. The van der Waals surface area contributed by atoms with E-state index in [2.05, 4.69) is 15.0 Å². The number of thiazole rings is 1. The molecule has 0 fully saturated rings. The molecule has 9 heteroatoms. The van der Waals surface area contributed by atoms with E-state index in [-0.39, 0.29) is 22.1 Å². The summed E-state index contributed by atoms with van der Waals surface area (Å²) in [7, 11) is -3.55. The molecule has 0 aliphatic rings. The van der Waals surface area contributed by atoms with E-state index in [1.54, 1.807) is 37.3 Å². The summed E-state index contributed by atoms with van der Waals surface area (Å²) in [4.78, 5) is 17.2. The molecule has 0 aliphatic carbocycles. The Balaban J connectivity index is 1.63. The van der Waals surface area contributed by atoms with E-state index in [0.717, 1.165) is 14.6 Å². The Labute approximate surface area is 172 Å². The maximum atomic E-state index is 12.5. The summed E-state index contributed by atoms with van der Waals surface area (Å²) < 4.78 is 28.8. The number of hydrogen-bond donors (Lipinski definition) is 2. The van der Waals surface area contributed by atoms with E-state index in [1.807, 2.05) is 31.2 Å². The van der Waals surface area contributed by atoms with E-state index in [9.17, 15) is 13.2 Å². The lowest BCUT2D eigenvalue weighted by molar-refractivity contribution is -0.115. The molecule has 1 amide bonds. The second-order valence-corrected chi connectivity index (χ2v) is 10.8. The van der Waals surface area contributed by atoms with Crippen LogP contribution in [0.25, 0.3) is 10.2 Å². The van der Waals surface area contributed by atoms with Gasteiger partial charge in [0.15, 0.2) is 4.34 Å². The first-order valence-corrected chi connectivity index (χ1v) is 11.9. The highest BCUT2D eigenvalue weighted by Crippen LogP contribution is 2.32. The smallest absolute Gasteiger partial charge is 0.240 e. The predicted octanol–water partition coefficient (Wildman–Crippen LogP) is 4.10. The number of anilines is 1. The van der Waals surface area contributed by atoms with Gasteiger partial charge >= 0.3 is 0 Å². The Morgan fingerprint density at radius 3 is 2.39 bits per heavy atom. The van der Waals surface area contributed by atoms with Crippen molar-refractivity contribution >= 4 is 54.9 Å². The first-order chi connectivity index (χ1) is 13.2. The summed E-state index contributed by atoms with van der Waals surface area (Å²) in [6, 6.07) is 13.8. The van der Waals surface area contributed by atoms with Crippen molar-refractivity contribution in [3.05, 3.63) is 48.5 Å². The number of rotatable bonds is 7. The number of hydrogen-bond acceptors (Lipinski definition) is 6. The molecule has 1 atom stereocenters. The number of amides is 1. The number of carbonyl (C=O) groups is 1. The summed E-state index contributed by atoms with van der Waals surface area (Å²) in [5, 5.41) is 2.48. The van der Waals surface area contributed by atoms with Gasteiger partial charge in [-0.3, -0.25) is 4.79 Å². The third kappa shape index (κ3) is 5.11. The SMILES string of the molecule is CC(C)NS(=O)(=O)c1ccc(NC(=O)[C@H](C)Sc2nc3ccccc3s2)cc1. The zero-order valence-corrected chi connectivity index (χ0v) is 18.1. The number of sulfonamides is 1. The van der Waals surface area contributed by atoms with Crippen molar-refractivity contribution < 1.29 is 13.2 Å². The minimum absolute atomic E-state index is 0.163. The molecule has 148 valence electrons. The van der Waals surface area contributed by atoms with Crippen molar-refractivity contribution in [1.82, 2.24) is 9.71 Å². The van der Waals surface area contributed by atoms with Crippen LogP contribution in [0.5, 0.6) is 0 Å². The average molecular weight is 436 g/mol. The van der Waals surface area contributed by atoms with Gasteiger partial charge in [0.1, 0.15) is 0 Å². The van der Waals surface area contributed by atoms with Crippen molar-refractivity contribution in [2.24, 2.45) is 0 Å². The van der Waals surface area contributed by atoms with Crippen LogP contribution < -0.4 is 10.0 Å². The first-order valence-electron chi connectivity index (χ1n) is 8.70. The highest BCUT2D eigenvalue weighted by molar-refractivity contribution is 8.02. The fourth-order valence-corrected chi connectivity index (χ4v) is 5.91. The monoisotopic (exact) mass is 435 g/mol. The predicted molar refractivity (Wildman–Crippen MR) is 115 cm³/mol. The van der Waals surface area contributed by atoms with Crippen LogP contribution in [0.2, 0.25) is 0 Å². The van der Waals surface area contributed by atoms with Gasteiger partial charge in [0.25, 0.3) is 0 Å². The quantitative estimate of drug-likeness (QED) is 0.546. The second-order valence-electron chi connectivity index (χ2n) is 6.50. The van der Waals surface area contributed by atoms with Gasteiger partial charge in [-0.05, 0) is 57.2 Å². The molecule has 3 aromatic rings. The number of thioether (sulfide) groups is 1. The molecular weight excluding hydrogens is 414 g/mol. The van der Waals surface area contributed by atoms with E-state index < -0.39 is 10.0 Å². The van der Waals surface area contributed by atoms with Gasteiger partial charge in [-0.2, -0.15) is 0 Å². The Morgan fingerprint density at radius 2 is 1.75 bits per heavy atom. The third-order valence-electron chi connectivity index (χ3n) is 3.74. The molecular formula is C19H21N3O3S3. The lowest BCUT2D eigenvalue weighted by Crippen LogP contribution is -2.30. The fraction of sp³-hybridized carbons (Fsp3) is 0.263. The van der Waals surface area contributed by atoms with Gasteiger partial charge < -0.3 is 5.32 Å². The molecule has 0 saturated carbocycles. The lowest BCUT2D eigenvalue weighted by Gasteiger charge is -2.12. The minimum atomic E-state index is -3.55. The van der Waals surface area contributed by atoms with Crippen LogP contribution in [-0.2, 0) is 14.8 Å². The van der Waals surface area contributed by atoms with Crippen LogP contribution in [0.4, 0.5) is 5.69 Å². The maximum absolute atomic E-state index is 12.5. The molecule has 0 unspecified atom stereocenters. The summed E-state index contributed by atoms with van der Waals surface area (Å²) in [6.45, 7) is 5.34. The molecule has 0 saturated heterocycles. The molecule has 0 spiro atoms. The summed E-state index contributed by atoms with van der Waals surface area (Å²) in [5.74, 6) is -0.167. The lowest BCUT2D eigenvalue weighted by atomic mass is 10.3. The van der Waals surface area contributed by atoms with Gasteiger partial charge in [0.2, 0.25) is 15.9 Å². The molecule has 28 heavy (non-hydrogen) atoms. The van der Waals surface area contributed by atoms with Gasteiger partial charge in [0.05, 0.1) is 20.4 Å². The number of nitrogens with one attached hydrogen (secondary N) is 2. The summed E-state index contributed by atoms with van der Waals surface area (Å²) >= 11 is 2.96. The Bertz CT molecular complexity index is 1040. The molecule has 0 bridgehead atoms. The van der Waals surface area contributed by atoms with E-state index in [4.69, 9.17) is 0 Å². The number of aromatic nitrogens is 1. The summed E-state index contributed by atoms with van der Waals surface area (Å²) in [5.41, 5.74) is 1.47. The van der Waals surface area contributed by atoms with E-state index in [0.29, 0.717) is 5.69 Å². The molecule has 0 aliphatic heterocycles. The number of carbonyl (C=O) groups excluding carboxylic acids is 1. The number of benzene rings is 2. The Kier molecular flexibility index (Phi) is 6.39. The average Bonchev–Trinajstić information content (AvgIpc) is 3.03. The molecule has 0 radical (unpaired) electrons. The van der Waals surface area contributed by atoms with Crippen molar-refractivity contribution in [3.8, 4) is 0 Å². The molecule has 6 nitrogen and oxygen atoms in total. The zero-order valence-electron chi connectivity index (χ0n) is 15.7. The van der Waals surface area contributed by atoms with Gasteiger partial charge in [-0.15, -0.1) is 11.3 Å². The highest BCUT2D eigenvalue weighted by atomic mass is 32.2. The summed E-state index contributed by atoms with van der Waals surface area (Å²) in [6.07, 6.45) is 0.